The minimum atomic E-state index is 0.512. The third-order valence-electron chi connectivity index (χ3n) is 3.33. The zero-order chi connectivity index (χ0) is 15.9. The summed E-state index contributed by atoms with van der Waals surface area (Å²) in [6, 6.07) is 15.8. The van der Waals surface area contributed by atoms with Crippen molar-refractivity contribution in [1.82, 2.24) is 10.2 Å². The molecule has 0 aliphatic rings. The van der Waals surface area contributed by atoms with Gasteiger partial charge in [-0.05, 0) is 24.3 Å². The first-order valence-electron chi connectivity index (χ1n) is 7.27. The monoisotopic (exact) mass is 307 g/mol. The molecule has 0 amide bonds. The number of rotatable bonds is 6. The highest BCUT2D eigenvalue weighted by molar-refractivity contribution is 5.62. The molecule has 1 heterocycles. The number of nitrogens with zero attached hydrogens (tertiary/aromatic N) is 2. The van der Waals surface area contributed by atoms with Crippen molar-refractivity contribution in [3.63, 3.8) is 0 Å². The van der Waals surface area contributed by atoms with E-state index in [0.717, 1.165) is 22.6 Å². The lowest BCUT2D eigenvalue weighted by molar-refractivity contribution is 0.414. The van der Waals surface area contributed by atoms with E-state index in [2.05, 4.69) is 21.6 Å². The van der Waals surface area contributed by atoms with Gasteiger partial charge in [-0.1, -0.05) is 36.4 Å². The third kappa shape index (κ3) is 3.77. The highest BCUT2D eigenvalue weighted by Gasteiger charge is 2.03. The summed E-state index contributed by atoms with van der Waals surface area (Å²) in [4.78, 5) is 0. The van der Waals surface area contributed by atoms with Gasteiger partial charge in [0.1, 0.15) is 5.75 Å². The van der Waals surface area contributed by atoms with E-state index < -0.39 is 0 Å². The van der Waals surface area contributed by atoms with Crippen LogP contribution in [0.3, 0.4) is 0 Å². The zero-order valence-electron chi connectivity index (χ0n) is 12.8. The molecule has 0 aliphatic carbocycles. The van der Waals surface area contributed by atoms with Crippen molar-refractivity contribution in [3.05, 3.63) is 66.6 Å². The topological polar surface area (TPSA) is 60.2 Å². The maximum atomic E-state index is 5.32. The second kappa shape index (κ2) is 7.26. The van der Waals surface area contributed by atoms with Crippen LogP contribution in [0.4, 0.5) is 5.69 Å². The number of benzene rings is 2. The normalized spacial score (nSPS) is 10.8. The van der Waals surface area contributed by atoms with E-state index in [1.165, 1.54) is 6.39 Å². The highest BCUT2D eigenvalue weighted by Crippen LogP contribution is 2.21. The quantitative estimate of drug-likeness (QED) is 0.749. The van der Waals surface area contributed by atoms with E-state index in [4.69, 9.17) is 9.15 Å². The van der Waals surface area contributed by atoms with E-state index in [1.54, 1.807) is 7.11 Å². The molecule has 1 aromatic heterocycles. The van der Waals surface area contributed by atoms with Crippen LogP contribution in [0.1, 0.15) is 5.56 Å². The fourth-order valence-electron chi connectivity index (χ4n) is 2.23. The zero-order valence-corrected chi connectivity index (χ0v) is 12.8. The van der Waals surface area contributed by atoms with Gasteiger partial charge in [0, 0.05) is 23.4 Å². The van der Waals surface area contributed by atoms with E-state index >= 15 is 0 Å². The van der Waals surface area contributed by atoms with Gasteiger partial charge in [-0.3, -0.25) is 0 Å². The van der Waals surface area contributed by atoms with Gasteiger partial charge in [0.25, 0.3) is 0 Å². The Kier molecular flexibility index (Phi) is 4.69. The van der Waals surface area contributed by atoms with Crippen LogP contribution in [0.25, 0.3) is 17.5 Å². The number of methoxy groups -OCH3 is 1. The van der Waals surface area contributed by atoms with Crippen LogP contribution in [0.15, 0.2) is 65.4 Å². The molecule has 0 atom stereocenters. The number of hydrogen-bond acceptors (Lipinski definition) is 5. The van der Waals surface area contributed by atoms with Crippen molar-refractivity contribution >= 4 is 11.8 Å². The average molecular weight is 307 g/mol. The molecule has 3 aromatic rings. The summed E-state index contributed by atoms with van der Waals surface area (Å²) >= 11 is 0. The smallest absolute Gasteiger partial charge is 0.247 e. The van der Waals surface area contributed by atoms with Crippen LogP contribution in [0.2, 0.25) is 0 Å². The molecular weight excluding hydrogens is 290 g/mol. The fourth-order valence-corrected chi connectivity index (χ4v) is 2.23. The van der Waals surface area contributed by atoms with Crippen LogP contribution in [0, 0.1) is 0 Å². The van der Waals surface area contributed by atoms with Gasteiger partial charge in [-0.25, -0.2) is 0 Å². The molecule has 5 heteroatoms. The van der Waals surface area contributed by atoms with E-state index in [9.17, 15) is 0 Å². The van der Waals surface area contributed by atoms with E-state index in [0.29, 0.717) is 12.4 Å². The summed E-state index contributed by atoms with van der Waals surface area (Å²) < 4.78 is 10.5. The Labute approximate surface area is 134 Å². The fraction of sp³-hybridized carbons (Fsp3) is 0.111. The van der Waals surface area contributed by atoms with E-state index in [-0.39, 0.29) is 0 Å². The summed E-state index contributed by atoms with van der Waals surface area (Å²) in [6.07, 6.45) is 5.41. The van der Waals surface area contributed by atoms with Crippen LogP contribution < -0.4 is 10.1 Å². The summed E-state index contributed by atoms with van der Waals surface area (Å²) in [6.45, 7) is 0.700. The molecule has 0 saturated carbocycles. The molecule has 5 nitrogen and oxygen atoms in total. The van der Waals surface area contributed by atoms with Crippen LogP contribution in [-0.2, 0) is 0 Å². The number of anilines is 1. The molecule has 116 valence electrons. The van der Waals surface area contributed by atoms with Crippen molar-refractivity contribution in [3.8, 4) is 17.2 Å². The predicted molar refractivity (Wildman–Crippen MR) is 90.3 cm³/mol. The Morgan fingerprint density at radius 2 is 2.09 bits per heavy atom. The van der Waals surface area contributed by atoms with E-state index in [1.807, 2.05) is 54.6 Å². The Morgan fingerprint density at radius 3 is 2.91 bits per heavy atom. The summed E-state index contributed by atoms with van der Waals surface area (Å²) in [7, 11) is 1.67. The maximum Gasteiger partial charge on any atom is 0.247 e. The van der Waals surface area contributed by atoms with Gasteiger partial charge in [0.05, 0.1) is 7.11 Å². The molecule has 0 bridgehead atoms. The third-order valence-corrected chi connectivity index (χ3v) is 3.33. The predicted octanol–water partition coefficient (Wildman–Crippen LogP) is 3.87. The number of hydrogen-bond donors (Lipinski definition) is 1. The molecule has 0 aliphatic heterocycles. The highest BCUT2D eigenvalue weighted by atomic mass is 16.5. The first kappa shape index (κ1) is 14.8. The molecule has 1 N–H and O–H groups in total. The Bertz CT molecular complexity index is 782. The molecule has 3 rings (SSSR count). The Balaban J connectivity index is 1.63. The van der Waals surface area contributed by atoms with Crippen molar-refractivity contribution in [1.29, 1.82) is 0 Å². The minimum absolute atomic E-state index is 0.512. The van der Waals surface area contributed by atoms with Crippen molar-refractivity contribution in [2.75, 3.05) is 19.0 Å². The van der Waals surface area contributed by atoms with Crippen LogP contribution >= 0.6 is 0 Å². The molecule has 0 spiro atoms. The lowest BCUT2D eigenvalue weighted by Crippen LogP contribution is -1.98. The van der Waals surface area contributed by atoms with Crippen molar-refractivity contribution in [2.45, 2.75) is 0 Å². The Morgan fingerprint density at radius 1 is 1.17 bits per heavy atom. The van der Waals surface area contributed by atoms with Gasteiger partial charge in [0.15, 0.2) is 0 Å². The standard InChI is InChI=1S/C18H17N3O2/c1-22-17-10-3-2-6-14(17)8-5-11-19-16-9-4-7-15(12-16)18-21-20-13-23-18/h2-10,12-13,19H,11H2,1H3/b8-5+. The first-order chi connectivity index (χ1) is 11.4. The van der Waals surface area contributed by atoms with Crippen LogP contribution in [0.5, 0.6) is 5.75 Å². The second-order valence-corrected chi connectivity index (χ2v) is 4.85. The van der Waals surface area contributed by atoms with Gasteiger partial charge >= 0.3 is 0 Å². The lowest BCUT2D eigenvalue weighted by Gasteiger charge is -2.05. The molecule has 0 fully saturated rings. The SMILES string of the molecule is COc1ccccc1/C=C/CNc1cccc(-c2nnco2)c1. The minimum Gasteiger partial charge on any atom is -0.496 e. The molecular formula is C18H17N3O2. The van der Waals surface area contributed by atoms with Crippen molar-refractivity contribution in [2.24, 2.45) is 0 Å². The molecule has 23 heavy (non-hydrogen) atoms. The molecule has 2 aromatic carbocycles. The first-order valence-corrected chi connectivity index (χ1v) is 7.27. The number of ether oxygens (including phenoxy) is 1. The lowest BCUT2D eigenvalue weighted by atomic mass is 10.2. The number of nitrogens with one attached hydrogen (secondary N) is 1. The molecule has 0 unspecified atom stereocenters. The number of aromatic nitrogens is 2. The van der Waals surface area contributed by atoms with Gasteiger partial charge in [-0.15, -0.1) is 10.2 Å². The number of para-hydroxylation sites is 1. The Hall–Kier alpha value is -3.08. The van der Waals surface area contributed by atoms with Gasteiger partial charge in [0.2, 0.25) is 12.3 Å². The summed E-state index contributed by atoms with van der Waals surface area (Å²) in [5, 5.41) is 10.9. The largest absolute Gasteiger partial charge is 0.496 e. The molecule has 0 saturated heterocycles. The van der Waals surface area contributed by atoms with Gasteiger partial charge < -0.3 is 14.5 Å². The maximum absolute atomic E-state index is 5.32. The van der Waals surface area contributed by atoms with Gasteiger partial charge in [-0.2, -0.15) is 0 Å². The molecule has 0 radical (unpaired) electrons. The average Bonchev–Trinajstić information content (AvgIpc) is 3.14. The second-order valence-electron chi connectivity index (χ2n) is 4.85. The van der Waals surface area contributed by atoms with Crippen LogP contribution in [-0.4, -0.2) is 23.9 Å². The summed E-state index contributed by atoms with van der Waals surface area (Å²) in [5.74, 6) is 1.38. The van der Waals surface area contributed by atoms with Crippen molar-refractivity contribution < 1.29 is 9.15 Å². The summed E-state index contributed by atoms with van der Waals surface area (Å²) in [5.41, 5.74) is 2.93.